The molecule has 0 saturated carbocycles. The van der Waals surface area contributed by atoms with Gasteiger partial charge in [-0.1, -0.05) is 23.2 Å². The van der Waals surface area contributed by atoms with Crippen LogP contribution in [0.3, 0.4) is 0 Å². The number of hydrogen-bond donors (Lipinski definition) is 1. The third-order valence-electron chi connectivity index (χ3n) is 2.44. The van der Waals surface area contributed by atoms with Crippen LogP contribution in [0.4, 0.5) is 5.95 Å². The largest absolute Gasteiger partial charge is 0.493 e. The van der Waals surface area contributed by atoms with Gasteiger partial charge in [0, 0.05) is 23.7 Å². The highest BCUT2D eigenvalue weighted by Crippen LogP contribution is 2.32. The lowest BCUT2D eigenvalue weighted by atomic mass is 10.1. The Balaban J connectivity index is 2.56. The van der Waals surface area contributed by atoms with Crippen molar-refractivity contribution in [1.82, 2.24) is 9.97 Å². The van der Waals surface area contributed by atoms with E-state index in [0.29, 0.717) is 34.2 Å². The molecule has 0 amide bonds. The van der Waals surface area contributed by atoms with E-state index in [9.17, 15) is 0 Å². The van der Waals surface area contributed by atoms with Crippen molar-refractivity contribution in [2.24, 2.45) is 0 Å². The van der Waals surface area contributed by atoms with Gasteiger partial charge in [0.1, 0.15) is 10.9 Å². The molecule has 1 aromatic carbocycles. The summed E-state index contributed by atoms with van der Waals surface area (Å²) >= 11 is 12.0. The minimum Gasteiger partial charge on any atom is -0.493 e. The molecule has 1 N–H and O–H groups in total. The zero-order chi connectivity index (χ0) is 13.8. The fraction of sp³-hybridized carbons (Fsp3) is 0.231. The summed E-state index contributed by atoms with van der Waals surface area (Å²) in [6, 6.07) is 7.06. The molecule has 4 nitrogen and oxygen atoms in total. The Morgan fingerprint density at radius 3 is 2.68 bits per heavy atom. The maximum atomic E-state index is 6.03. The van der Waals surface area contributed by atoms with Gasteiger partial charge in [-0.15, -0.1) is 0 Å². The molecule has 0 bridgehead atoms. The van der Waals surface area contributed by atoms with E-state index in [1.807, 2.05) is 13.0 Å². The van der Waals surface area contributed by atoms with Crippen LogP contribution >= 0.6 is 23.2 Å². The van der Waals surface area contributed by atoms with Crippen LogP contribution in [0.1, 0.15) is 6.92 Å². The monoisotopic (exact) mass is 297 g/mol. The van der Waals surface area contributed by atoms with Crippen molar-refractivity contribution in [3.05, 3.63) is 34.4 Å². The predicted octanol–water partition coefficient (Wildman–Crippen LogP) is 3.89. The van der Waals surface area contributed by atoms with E-state index in [1.54, 1.807) is 25.2 Å². The third-order valence-corrected chi connectivity index (χ3v) is 2.86. The molecule has 2 aromatic rings. The molecule has 0 spiro atoms. The van der Waals surface area contributed by atoms with Crippen molar-refractivity contribution in [1.29, 1.82) is 0 Å². The van der Waals surface area contributed by atoms with Crippen molar-refractivity contribution < 1.29 is 4.74 Å². The lowest BCUT2D eigenvalue weighted by molar-refractivity contribution is 0.341. The maximum Gasteiger partial charge on any atom is 0.224 e. The summed E-state index contributed by atoms with van der Waals surface area (Å²) in [6.45, 7) is 2.48. The number of halogens is 2. The second kappa shape index (κ2) is 6.08. The predicted molar refractivity (Wildman–Crippen MR) is 78.2 cm³/mol. The number of ether oxygens (including phenoxy) is 1. The molecule has 0 radical (unpaired) electrons. The summed E-state index contributed by atoms with van der Waals surface area (Å²) < 4.78 is 5.58. The SMILES string of the molecule is CCOc1ccc(Cl)cc1-c1cc(Cl)nc(NC)n1. The van der Waals surface area contributed by atoms with Crippen molar-refractivity contribution >= 4 is 29.2 Å². The molecule has 1 heterocycles. The van der Waals surface area contributed by atoms with E-state index in [0.717, 1.165) is 5.56 Å². The van der Waals surface area contributed by atoms with Crippen LogP contribution in [-0.4, -0.2) is 23.6 Å². The van der Waals surface area contributed by atoms with Gasteiger partial charge < -0.3 is 10.1 Å². The summed E-state index contributed by atoms with van der Waals surface area (Å²) in [7, 11) is 1.73. The van der Waals surface area contributed by atoms with Crippen LogP contribution in [-0.2, 0) is 0 Å². The Morgan fingerprint density at radius 1 is 1.21 bits per heavy atom. The standard InChI is InChI=1S/C13H13Cl2N3O/c1-3-19-11-5-4-8(14)6-9(11)10-7-12(15)18-13(16-2)17-10/h4-7H,3H2,1-2H3,(H,16,17,18). The second-order valence-corrected chi connectivity index (χ2v) is 4.55. The van der Waals surface area contributed by atoms with Gasteiger partial charge in [-0.05, 0) is 25.1 Å². The lowest BCUT2D eigenvalue weighted by Gasteiger charge is -2.11. The third kappa shape index (κ3) is 3.28. The molecule has 100 valence electrons. The minimum atomic E-state index is 0.358. The molecule has 0 aliphatic rings. The van der Waals surface area contributed by atoms with Crippen LogP contribution in [0.2, 0.25) is 10.2 Å². The summed E-state index contributed by atoms with van der Waals surface area (Å²) in [6.07, 6.45) is 0. The number of nitrogens with zero attached hydrogens (tertiary/aromatic N) is 2. The highest BCUT2D eigenvalue weighted by molar-refractivity contribution is 6.31. The zero-order valence-corrected chi connectivity index (χ0v) is 12.1. The number of anilines is 1. The Bertz CT molecular complexity index is 590. The van der Waals surface area contributed by atoms with Gasteiger partial charge in [-0.25, -0.2) is 9.97 Å². The van der Waals surface area contributed by atoms with E-state index in [4.69, 9.17) is 27.9 Å². The molecule has 0 aliphatic heterocycles. The van der Waals surface area contributed by atoms with Crippen LogP contribution < -0.4 is 10.1 Å². The van der Waals surface area contributed by atoms with Gasteiger partial charge in [-0.2, -0.15) is 0 Å². The van der Waals surface area contributed by atoms with E-state index in [-0.39, 0.29) is 0 Å². The summed E-state index contributed by atoms with van der Waals surface area (Å²) in [5.41, 5.74) is 1.45. The van der Waals surface area contributed by atoms with E-state index in [2.05, 4.69) is 15.3 Å². The average molecular weight is 298 g/mol. The average Bonchev–Trinajstić information content (AvgIpc) is 2.40. The Labute approximate surface area is 121 Å². The maximum absolute atomic E-state index is 6.03. The number of nitrogens with one attached hydrogen (secondary N) is 1. The van der Waals surface area contributed by atoms with Crippen LogP contribution in [0.25, 0.3) is 11.3 Å². The highest BCUT2D eigenvalue weighted by Gasteiger charge is 2.11. The van der Waals surface area contributed by atoms with Crippen molar-refractivity contribution in [3.8, 4) is 17.0 Å². The van der Waals surface area contributed by atoms with E-state index >= 15 is 0 Å². The fourth-order valence-corrected chi connectivity index (χ4v) is 2.01. The first-order chi connectivity index (χ1) is 9.13. The number of aromatic nitrogens is 2. The van der Waals surface area contributed by atoms with Gasteiger partial charge in [0.15, 0.2) is 0 Å². The van der Waals surface area contributed by atoms with E-state index < -0.39 is 0 Å². The van der Waals surface area contributed by atoms with Gasteiger partial charge in [-0.3, -0.25) is 0 Å². The fourth-order valence-electron chi connectivity index (χ4n) is 1.65. The van der Waals surface area contributed by atoms with Gasteiger partial charge in [0.05, 0.1) is 12.3 Å². The van der Waals surface area contributed by atoms with E-state index in [1.165, 1.54) is 0 Å². The van der Waals surface area contributed by atoms with Crippen molar-refractivity contribution in [2.45, 2.75) is 6.92 Å². The summed E-state index contributed by atoms with van der Waals surface area (Å²) in [5.74, 6) is 1.16. The molecule has 0 unspecified atom stereocenters. The smallest absolute Gasteiger partial charge is 0.224 e. The minimum absolute atomic E-state index is 0.358. The first-order valence-corrected chi connectivity index (χ1v) is 6.54. The molecule has 2 rings (SSSR count). The Hall–Kier alpha value is -1.52. The van der Waals surface area contributed by atoms with Crippen LogP contribution in [0.15, 0.2) is 24.3 Å². The normalized spacial score (nSPS) is 10.3. The molecule has 0 saturated heterocycles. The summed E-state index contributed by atoms with van der Waals surface area (Å²) in [5, 5.41) is 3.83. The lowest BCUT2D eigenvalue weighted by Crippen LogP contribution is -2.00. The molecule has 0 fully saturated rings. The number of benzene rings is 1. The highest BCUT2D eigenvalue weighted by atomic mass is 35.5. The van der Waals surface area contributed by atoms with Gasteiger partial charge in [0.2, 0.25) is 5.95 Å². The summed E-state index contributed by atoms with van der Waals surface area (Å²) in [4.78, 5) is 8.41. The molecule has 6 heteroatoms. The molecule has 0 atom stereocenters. The topological polar surface area (TPSA) is 47.0 Å². The first kappa shape index (κ1) is 13.9. The van der Waals surface area contributed by atoms with Crippen LogP contribution in [0.5, 0.6) is 5.75 Å². The van der Waals surface area contributed by atoms with Crippen LogP contribution in [0, 0.1) is 0 Å². The van der Waals surface area contributed by atoms with Crippen molar-refractivity contribution in [3.63, 3.8) is 0 Å². The Morgan fingerprint density at radius 2 is 2.00 bits per heavy atom. The molecular weight excluding hydrogens is 285 g/mol. The second-order valence-electron chi connectivity index (χ2n) is 3.72. The molecule has 19 heavy (non-hydrogen) atoms. The van der Waals surface area contributed by atoms with Gasteiger partial charge in [0.25, 0.3) is 0 Å². The van der Waals surface area contributed by atoms with Gasteiger partial charge >= 0.3 is 0 Å². The van der Waals surface area contributed by atoms with Crippen molar-refractivity contribution in [2.75, 3.05) is 19.0 Å². The molecule has 0 aliphatic carbocycles. The number of rotatable bonds is 4. The first-order valence-electron chi connectivity index (χ1n) is 5.79. The Kier molecular flexibility index (Phi) is 4.45. The number of hydrogen-bond acceptors (Lipinski definition) is 4. The molecule has 1 aromatic heterocycles. The molecular formula is C13H13Cl2N3O. The zero-order valence-electron chi connectivity index (χ0n) is 10.6. The quantitative estimate of drug-likeness (QED) is 0.870.